The molecule has 1 rings (SSSR count). The molecule has 0 aliphatic carbocycles. The molecule has 0 saturated carbocycles. The molecule has 0 fully saturated rings. The fraction of sp³-hybridized carbons (Fsp3) is 0.538. The first-order valence-electron chi connectivity index (χ1n) is 6.16. The maximum Gasteiger partial charge on any atom is 0.491 e. The standard InChI is InChI=1S/C13H20BFO4/c1-13(2,3)19-7-6-18-9-10-4-5-12(15)11(8-10)14(16)17/h4-5,8,16-17H,6-7,9H2,1-3H3. The third kappa shape index (κ3) is 6.16. The third-order valence-corrected chi connectivity index (χ3v) is 2.37. The Labute approximate surface area is 113 Å². The first-order valence-corrected chi connectivity index (χ1v) is 6.16. The molecule has 1 aromatic carbocycles. The summed E-state index contributed by atoms with van der Waals surface area (Å²) in [6, 6.07) is 4.12. The maximum absolute atomic E-state index is 13.2. The molecular formula is C13H20BFO4. The molecule has 0 radical (unpaired) electrons. The van der Waals surface area contributed by atoms with Gasteiger partial charge in [-0.15, -0.1) is 0 Å². The van der Waals surface area contributed by atoms with Crippen molar-refractivity contribution in [3.05, 3.63) is 29.6 Å². The van der Waals surface area contributed by atoms with Crippen LogP contribution < -0.4 is 5.46 Å². The van der Waals surface area contributed by atoms with Crippen LogP contribution in [0.25, 0.3) is 0 Å². The van der Waals surface area contributed by atoms with E-state index in [4.69, 9.17) is 19.5 Å². The molecule has 106 valence electrons. The fourth-order valence-corrected chi connectivity index (χ4v) is 1.48. The Kier molecular flexibility index (Phi) is 5.94. The smallest absolute Gasteiger partial charge is 0.423 e. The predicted molar refractivity (Wildman–Crippen MR) is 71.6 cm³/mol. The normalized spacial score (nSPS) is 11.7. The second kappa shape index (κ2) is 7.00. The SMILES string of the molecule is CC(C)(C)OCCOCc1ccc(F)c(B(O)O)c1. The first-order chi connectivity index (χ1) is 8.79. The summed E-state index contributed by atoms with van der Waals surface area (Å²) >= 11 is 0. The maximum atomic E-state index is 13.2. The molecule has 0 saturated heterocycles. The summed E-state index contributed by atoms with van der Waals surface area (Å²) in [4.78, 5) is 0. The van der Waals surface area contributed by atoms with Gasteiger partial charge in [-0.2, -0.15) is 0 Å². The van der Waals surface area contributed by atoms with Crippen LogP contribution in [0, 0.1) is 5.82 Å². The molecule has 0 spiro atoms. The largest absolute Gasteiger partial charge is 0.491 e. The molecule has 0 amide bonds. The number of rotatable bonds is 6. The van der Waals surface area contributed by atoms with Crippen molar-refractivity contribution >= 4 is 12.6 Å². The zero-order valence-electron chi connectivity index (χ0n) is 11.5. The average Bonchev–Trinajstić information content (AvgIpc) is 2.29. The van der Waals surface area contributed by atoms with Crippen molar-refractivity contribution in [1.29, 1.82) is 0 Å². The number of benzene rings is 1. The first kappa shape index (κ1) is 16.1. The van der Waals surface area contributed by atoms with Crippen molar-refractivity contribution in [2.24, 2.45) is 0 Å². The van der Waals surface area contributed by atoms with E-state index in [1.807, 2.05) is 20.8 Å². The monoisotopic (exact) mass is 270 g/mol. The van der Waals surface area contributed by atoms with Crippen molar-refractivity contribution < 1.29 is 23.9 Å². The van der Waals surface area contributed by atoms with Gasteiger partial charge in [0.25, 0.3) is 0 Å². The summed E-state index contributed by atoms with van der Waals surface area (Å²) in [5.74, 6) is -0.644. The molecular weight excluding hydrogens is 250 g/mol. The van der Waals surface area contributed by atoms with Crippen LogP contribution in [0.15, 0.2) is 18.2 Å². The Hall–Kier alpha value is -0.945. The van der Waals surface area contributed by atoms with E-state index in [0.29, 0.717) is 18.8 Å². The van der Waals surface area contributed by atoms with Crippen molar-refractivity contribution in [2.75, 3.05) is 13.2 Å². The van der Waals surface area contributed by atoms with E-state index in [1.54, 1.807) is 6.07 Å². The number of halogens is 1. The van der Waals surface area contributed by atoms with Crippen LogP contribution in [0.5, 0.6) is 0 Å². The minimum atomic E-state index is -1.82. The van der Waals surface area contributed by atoms with E-state index < -0.39 is 12.9 Å². The lowest BCUT2D eigenvalue weighted by Gasteiger charge is -2.19. The highest BCUT2D eigenvalue weighted by molar-refractivity contribution is 6.58. The average molecular weight is 270 g/mol. The molecule has 19 heavy (non-hydrogen) atoms. The van der Waals surface area contributed by atoms with Crippen LogP contribution in [0.2, 0.25) is 0 Å². The Morgan fingerprint density at radius 1 is 1.21 bits per heavy atom. The van der Waals surface area contributed by atoms with Crippen molar-refractivity contribution in [1.82, 2.24) is 0 Å². The molecule has 0 aromatic heterocycles. The quantitative estimate of drug-likeness (QED) is 0.594. The van der Waals surface area contributed by atoms with Crippen LogP contribution in [-0.4, -0.2) is 36.0 Å². The highest BCUT2D eigenvalue weighted by Gasteiger charge is 2.16. The molecule has 0 aliphatic heterocycles. The second-order valence-corrected chi connectivity index (χ2v) is 5.24. The highest BCUT2D eigenvalue weighted by atomic mass is 19.1. The van der Waals surface area contributed by atoms with Crippen molar-refractivity contribution in [3.63, 3.8) is 0 Å². The third-order valence-electron chi connectivity index (χ3n) is 2.37. The van der Waals surface area contributed by atoms with Crippen LogP contribution in [0.3, 0.4) is 0 Å². The Morgan fingerprint density at radius 3 is 2.47 bits per heavy atom. The van der Waals surface area contributed by atoms with Gasteiger partial charge in [0, 0.05) is 5.46 Å². The van der Waals surface area contributed by atoms with E-state index in [9.17, 15) is 4.39 Å². The molecule has 6 heteroatoms. The summed E-state index contributed by atoms with van der Waals surface area (Å²) in [6.07, 6.45) is 0. The predicted octanol–water partition coefficient (Wildman–Crippen LogP) is 0.837. The number of hydrogen-bond donors (Lipinski definition) is 2. The van der Waals surface area contributed by atoms with Gasteiger partial charge in [-0.05, 0) is 32.4 Å². The molecule has 1 aromatic rings. The molecule has 0 heterocycles. The van der Waals surface area contributed by atoms with Gasteiger partial charge >= 0.3 is 7.12 Å². The van der Waals surface area contributed by atoms with Gasteiger partial charge in [0.1, 0.15) is 5.82 Å². The highest BCUT2D eigenvalue weighted by Crippen LogP contribution is 2.07. The Morgan fingerprint density at radius 2 is 1.89 bits per heavy atom. The summed E-state index contributed by atoms with van der Waals surface area (Å²) < 4.78 is 24.1. The molecule has 4 nitrogen and oxygen atoms in total. The lowest BCUT2D eigenvalue weighted by atomic mass is 9.79. The van der Waals surface area contributed by atoms with Crippen LogP contribution >= 0.6 is 0 Å². The zero-order valence-corrected chi connectivity index (χ0v) is 11.5. The molecule has 0 bridgehead atoms. The van der Waals surface area contributed by atoms with Gasteiger partial charge in [0.2, 0.25) is 0 Å². The van der Waals surface area contributed by atoms with Gasteiger partial charge in [-0.25, -0.2) is 4.39 Å². The summed E-state index contributed by atoms with van der Waals surface area (Å²) in [6.45, 7) is 7.05. The summed E-state index contributed by atoms with van der Waals surface area (Å²) in [5, 5.41) is 18.0. The second-order valence-electron chi connectivity index (χ2n) is 5.24. The van der Waals surface area contributed by atoms with E-state index >= 15 is 0 Å². The van der Waals surface area contributed by atoms with Crippen molar-refractivity contribution in [3.8, 4) is 0 Å². The number of hydrogen-bond acceptors (Lipinski definition) is 4. The lowest BCUT2D eigenvalue weighted by Crippen LogP contribution is -2.33. The van der Waals surface area contributed by atoms with E-state index in [1.165, 1.54) is 12.1 Å². The lowest BCUT2D eigenvalue weighted by molar-refractivity contribution is -0.0376. The fourth-order valence-electron chi connectivity index (χ4n) is 1.48. The van der Waals surface area contributed by atoms with Gasteiger partial charge < -0.3 is 19.5 Å². The number of ether oxygens (including phenoxy) is 2. The minimum absolute atomic E-state index is 0.146. The van der Waals surface area contributed by atoms with Gasteiger partial charge in [-0.3, -0.25) is 0 Å². The molecule has 2 N–H and O–H groups in total. The van der Waals surface area contributed by atoms with Crippen LogP contribution in [0.4, 0.5) is 4.39 Å². The van der Waals surface area contributed by atoms with E-state index in [-0.39, 0.29) is 17.7 Å². The Bertz CT molecular complexity index is 404. The van der Waals surface area contributed by atoms with Gasteiger partial charge in [0.05, 0.1) is 25.4 Å². The molecule has 0 atom stereocenters. The van der Waals surface area contributed by atoms with E-state index in [0.717, 1.165) is 0 Å². The van der Waals surface area contributed by atoms with Crippen LogP contribution in [-0.2, 0) is 16.1 Å². The Balaban J connectivity index is 2.40. The van der Waals surface area contributed by atoms with Gasteiger partial charge in [0.15, 0.2) is 0 Å². The zero-order chi connectivity index (χ0) is 14.5. The molecule has 0 aliphatic rings. The summed E-state index contributed by atoms with van der Waals surface area (Å²) in [5.41, 5.74) is 0.334. The van der Waals surface area contributed by atoms with E-state index in [2.05, 4.69) is 0 Å². The van der Waals surface area contributed by atoms with Crippen LogP contribution in [0.1, 0.15) is 26.3 Å². The molecule has 0 unspecified atom stereocenters. The van der Waals surface area contributed by atoms with Crippen molar-refractivity contribution in [2.45, 2.75) is 33.0 Å². The van der Waals surface area contributed by atoms with Gasteiger partial charge in [-0.1, -0.05) is 12.1 Å². The topological polar surface area (TPSA) is 58.9 Å². The summed E-state index contributed by atoms with van der Waals surface area (Å²) in [7, 11) is -1.82. The minimum Gasteiger partial charge on any atom is -0.423 e.